The first-order valence-corrected chi connectivity index (χ1v) is 9.93. The van der Waals surface area contributed by atoms with Crippen molar-refractivity contribution in [1.29, 1.82) is 0 Å². The Labute approximate surface area is 171 Å². The number of carbonyl (C=O) groups is 2. The van der Waals surface area contributed by atoms with Crippen molar-refractivity contribution >= 4 is 17.6 Å². The maximum atomic E-state index is 13.3. The van der Waals surface area contributed by atoms with Crippen molar-refractivity contribution in [2.75, 3.05) is 13.6 Å². The summed E-state index contributed by atoms with van der Waals surface area (Å²) < 4.78 is 0. The summed E-state index contributed by atoms with van der Waals surface area (Å²) in [6.07, 6.45) is 0.914. The van der Waals surface area contributed by atoms with Crippen LogP contribution in [0.2, 0.25) is 0 Å². The van der Waals surface area contributed by atoms with Crippen LogP contribution in [0.3, 0.4) is 0 Å². The Morgan fingerprint density at radius 1 is 1.28 bits per heavy atom. The summed E-state index contributed by atoms with van der Waals surface area (Å²) in [6.45, 7) is 10.6. The van der Waals surface area contributed by atoms with Crippen molar-refractivity contribution in [2.45, 2.75) is 51.9 Å². The molecule has 3 heterocycles. The predicted octanol–water partition coefficient (Wildman–Crippen LogP) is 1.54. The molecular formula is C21H28N6O2. The molecule has 0 aromatic heterocycles. The van der Waals surface area contributed by atoms with Crippen LogP contribution < -0.4 is 5.32 Å². The van der Waals surface area contributed by atoms with Gasteiger partial charge in [-0.05, 0) is 26.3 Å². The van der Waals surface area contributed by atoms with E-state index in [0.29, 0.717) is 6.54 Å². The minimum atomic E-state index is -0.469. The van der Waals surface area contributed by atoms with E-state index in [9.17, 15) is 9.59 Å². The number of nitrogens with zero attached hydrogens (tertiary/aromatic N) is 5. The zero-order chi connectivity index (χ0) is 20.9. The predicted molar refractivity (Wildman–Crippen MR) is 111 cm³/mol. The Morgan fingerprint density at radius 3 is 2.72 bits per heavy atom. The van der Waals surface area contributed by atoms with Gasteiger partial charge in [0.25, 0.3) is 5.91 Å². The number of hydrazone groups is 1. The summed E-state index contributed by atoms with van der Waals surface area (Å²) in [6, 6.07) is 7.53. The summed E-state index contributed by atoms with van der Waals surface area (Å²) in [5.74, 6) is -0.190. The van der Waals surface area contributed by atoms with Gasteiger partial charge in [0.2, 0.25) is 0 Å². The quantitative estimate of drug-likeness (QED) is 0.782. The number of likely N-dealkylation sites (N-methyl/N-ethyl adjacent to an activating group) is 1. The van der Waals surface area contributed by atoms with E-state index in [4.69, 9.17) is 5.10 Å². The number of nitrogens with one attached hydrogen (secondary N) is 1. The Bertz CT molecular complexity index is 884. The Kier molecular flexibility index (Phi) is 4.92. The van der Waals surface area contributed by atoms with Gasteiger partial charge >= 0.3 is 6.03 Å². The van der Waals surface area contributed by atoms with Crippen molar-refractivity contribution in [2.24, 2.45) is 5.10 Å². The highest BCUT2D eigenvalue weighted by Gasteiger charge is 2.57. The summed E-state index contributed by atoms with van der Waals surface area (Å²) in [5, 5.41) is 10.3. The molecule has 3 aliphatic heterocycles. The Balaban J connectivity index is 1.68. The standard InChI is InChI=1S/C21H28N6O2/c1-6-10-25-19(28)17-18(24(5)21(25)29)22-20-26(23-14(3)15(4)27(17)20)12-16-9-7-8-13(2)11-16/h6-9,11,15,17-18,20,22H,1,10,12H2,2-5H3. The topological polar surface area (TPSA) is 71.5 Å². The average Bonchev–Trinajstić information content (AvgIpc) is 3.09. The van der Waals surface area contributed by atoms with E-state index in [1.54, 1.807) is 18.0 Å². The van der Waals surface area contributed by atoms with Gasteiger partial charge in [-0.2, -0.15) is 5.10 Å². The fourth-order valence-corrected chi connectivity index (χ4v) is 4.46. The van der Waals surface area contributed by atoms with Crippen LogP contribution in [0.25, 0.3) is 0 Å². The van der Waals surface area contributed by atoms with Crippen LogP contribution >= 0.6 is 0 Å². The second-order valence-electron chi connectivity index (χ2n) is 8.01. The molecule has 3 aliphatic rings. The SMILES string of the molecule is C=CCN1C(=O)C2C(NC3N(Cc4cccc(C)c4)N=C(C)C(C)N23)N(C)C1=O. The van der Waals surface area contributed by atoms with Gasteiger partial charge in [0, 0.05) is 13.6 Å². The van der Waals surface area contributed by atoms with E-state index < -0.39 is 12.2 Å². The van der Waals surface area contributed by atoms with Crippen LogP contribution in [0.15, 0.2) is 42.0 Å². The molecule has 0 aliphatic carbocycles. The minimum Gasteiger partial charge on any atom is -0.310 e. The van der Waals surface area contributed by atoms with E-state index in [1.807, 2.05) is 18.0 Å². The lowest BCUT2D eigenvalue weighted by Gasteiger charge is -2.44. The van der Waals surface area contributed by atoms with E-state index in [2.05, 4.69) is 48.8 Å². The Hall–Kier alpha value is -2.71. The van der Waals surface area contributed by atoms with E-state index in [1.165, 1.54) is 10.5 Å². The second-order valence-corrected chi connectivity index (χ2v) is 8.01. The third-order valence-electron chi connectivity index (χ3n) is 6.05. The van der Waals surface area contributed by atoms with Crippen LogP contribution in [0, 0.1) is 6.92 Å². The first-order valence-electron chi connectivity index (χ1n) is 9.93. The molecule has 0 radical (unpaired) electrons. The molecule has 154 valence electrons. The molecule has 4 unspecified atom stereocenters. The van der Waals surface area contributed by atoms with Gasteiger partial charge in [0.15, 0.2) is 6.29 Å². The van der Waals surface area contributed by atoms with Gasteiger partial charge in [-0.25, -0.2) is 9.69 Å². The monoisotopic (exact) mass is 396 g/mol. The lowest BCUT2D eigenvalue weighted by molar-refractivity contribution is -0.139. The summed E-state index contributed by atoms with van der Waals surface area (Å²) in [4.78, 5) is 31.0. The number of carbonyl (C=O) groups excluding carboxylic acids is 2. The van der Waals surface area contributed by atoms with Gasteiger partial charge in [0.1, 0.15) is 12.2 Å². The fraction of sp³-hybridized carbons (Fsp3) is 0.476. The average molecular weight is 396 g/mol. The van der Waals surface area contributed by atoms with E-state index >= 15 is 0 Å². The van der Waals surface area contributed by atoms with Gasteiger partial charge in [-0.15, -0.1) is 6.58 Å². The summed E-state index contributed by atoms with van der Waals surface area (Å²) >= 11 is 0. The smallest absolute Gasteiger partial charge is 0.310 e. The van der Waals surface area contributed by atoms with Crippen LogP contribution in [0.1, 0.15) is 25.0 Å². The molecule has 3 amide bonds. The molecule has 1 N–H and O–H groups in total. The van der Waals surface area contributed by atoms with Crippen LogP contribution in [0.4, 0.5) is 4.79 Å². The highest BCUT2D eigenvalue weighted by atomic mass is 16.2. The molecule has 4 atom stereocenters. The zero-order valence-corrected chi connectivity index (χ0v) is 17.4. The maximum absolute atomic E-state index is 13.3. The normalized spacial score (nSPS) is 29.7. The maximum Gasteiger partial charge on any atom is 0.328 e. The zero-order valence-electron chi connectivity index (χ0n) is 17.4. The number of hydrogen-bond donors (Lipinski definition) is 1. The molecule has 8 heteroatoms. The Morgan fingerprint density at radius 2 is 2.03 bits per heavy atom. The van der Waals surface area contributed by atoms with Crippen molar-refractivity contribution in [3.8, 4) is 0 Å². The number of imide groups is 1. The number of amides is 3. The second kappa shape index (κ2) is 7.27. The van der Waals surface area contributed by atoms with Crippen LogP contribution in [-0.4, -0.2) is 75.5 Å². The lowest BCUT2D eigenvalue weighted by atomic mass is 10.1. The van der Waals surface area contributed by atoms with Gasteiger partial charge in [0.05, 0.1) is 18.3 Å². The number of hydrogen-bond acceptors (Lipinski definition) is 6. The highest BCUT2D eigenvalue weighted by molar-refractivity contribution is 6.01. The highest BCUT2D eigenvalue weighted by Crippen LogP contribution is 2.33. The minimum absolute atomic E-state index is 0.0209. The molecule has 0 spiro atoms. The molecule has 29 heavy (non-hydrogen) atoms. The third-order valence-corrected chi connectivity index (χ3v) is 6.05. The molecule has 2 saturated heterocycles. The number of aryl methyl sites for hydroxylation is 1. The number of rotatable bonds is 4. The van der Waals surface area contributed by atoms with Gasteiger partial charge in [-0.3, -0.25) is 20.0 Å². The fourth-order valence-electron chi connectivity index (χ4n) is 4.46. The van der Waals surface area contributed by atoms with Crippen LogP contribution in [-0.2, 0) is 11.3 Å². The summed E-state index contributed by atoms with van der Waals surface area (Å²) in [7, 11) is 1.73. The molecule has 1 aromatic carbocycles. The van der Waals surface area contributed by atoms with Gasteiger partial charge < -0.3 is 4.90 Å². The molecule has 4 rings (SSSR count). The number of urea groups is 1. The third kappa shape index (κ3) is 3.12. The lowest BCUT2D eigenvalue weighted by Crippen LogP contribution is -2.67. The first kappa shape index (κ1) is 19.6. The van der Waals surface area contributed by atoms with Crippen molar-refractivity contribution in [1.82, 2.24) is 25.0 Å². The van der Waals surface area contributed by atoms with Crippen molar-refractivity contribution in [3.05, 3.63) is 48.0 Å². The molecular weight excluding hydrogens is 368 g/mol. The van der Waals surface area contributed by atoms with Crippen LogP contribution in [0.5, 0.6) is 0 Å². The number of fused-ring (bicyclic) bond motifs is 3. The molecule has 1 aromatic rings. The number of benzene rings is 1. The van der Waals surface area contributed by atoms with E-state index in [-0.39, 0.29) is 30.8 Å². The first-order chi connectivity index (χ1) is 13.8. The molecule has 8 nitrogen and oxygen atoms in total. The largest absolute Gasteiger partial charge is 0.328 e. The van der Waals surface area contributed by atoms with Crippen molar-refractivity contribution < 1.29 is 9.59 Å². The van der Waals surface area contributed by atoms with Crippen molar-refractivity contribution in [3.63, 3.8) is 0 Å². The molecule has 0 bridgehead atoms. The molecule has 2 fully saturated rings. The summed E-state index contributed by atoms with van der Waals surface area (Å²) in [5.41, 5.74) is 3.29. The van der Waals surface area contributed by atoms with E-state index in [0.717, 1.165) is 11.3 Å². The van der Waals surface area contributed by atoms with Gasteiger partial charge in [-0.1, -0.05) is 35.9 Å². The molecule has 0 saturated carbocycles.